The first-order chi connectivity index (χ1) is 14.5. The number of ether oxygens (including phenoxy) is 1. The summed E-state index contributed by atoms with van der Waals surface area (Å²) in [5, 5.41) is 2.89. The zero-order valence-electron chi connectivity index (χ0n) is 17.8. The summed E-state index contributed by atoms with van der Waals surface area (Å²) >= 11 is 0. The van der Waals surface area contributed by atoms with E-state index < -0.39 is 0 Å². The van der Waals surface area contributed by atoms with Crippen molar-refractivity contribution in [3.8, 4) is 0 Å². The van der Waals surface area contributed by atoms with E-state index in [-0.39, 0.29) is 23.6 Å². The Balaban J connectivity index is 1.36. The molecule has 0 spiro atoms. The number of carbonyl (C=O) groups is 2. The Hall–Kier alpha value is -1.99. The highest BCUT2D eigenvalue weighted by atomic mass is 19.1. The van der Waals surface area contributed by atoms with Gasteiger partial charge in [0.1, 0.15) is 5.82 Å². The Bertz CT molecular complexity index is 780. The fraction of sp³-hybridized carbons (Fsp3) is 0.652. The van der Waals surface area contributed by atoms with Crippen LogP contribution in [0.3, 0.4) is 0 Å². The van der Waals surface area contributed by atoms with E-state index in [1.54, 1.807) is 6.07 Å². The Kier molecular flexibility index (Phi) is 6.68. The number of hydrogen-bond donors (Lipinski definition) is 1. The summed E-state index contributed by atoms with van der Waals surface area (Å²) in [5.41, 5.74) is 2.31. The number of hydrogen-bond acceptors (Lipinski definition) is 4. The molecular formula is C23H32FN3O3. The van der Waals surface area contributed by atoms with Crippen LogP contribution >= 0.6 is 0 Å². The van der Waals surface area contributed by atoms with Gasteiger partial charge in [-0.2, -0.15) is 0 Å². The van der Waals surface area contributed by atoms with E-state index in [9.17, 15) is 14.0 Å². The number of rotatable bonds is 5. The fourth-order valence-corrected chi connectivity index (χ4v) is 4.80. The van der Waals surface area contributed by atoms with Gasteiger partial charge in [-0.15, -0.1) is 0 Å². The van der Waals surface area contributed by atoms with Gasteiger partial charge in [-0.1, -0.05) is 12.8 Å². The van der Waals surface area contributed by atoms with Gasteiger partial charge >= 0.3 is 0 Å². The summed E-state index contributed by atoms with van der Waals surface area (Å²) in [6.45, 7) is 6.60. The second-order valence-electron chi connectivity index (χ2n) is 8.87. The minimum absolute atomic E-state index is 0.105. The van der Waals surface area contributed by atoms with Gasteiger partial charge in [-0.25, -0.2) is 4.39 Å². The van der Waals surface area contributed by atoms with Crippen LogP contribution in [0.15, 0.2) is 12.1 Å². The first-order valence-electron chi connectivity index (χ1n) is 11.2. The molecule has 1 atom stereocenters. The minimum Gasteiger partial charge on any atom is -0.381 e. The van der Waals surface area contributed by atoms with Crippen LogP contribution in [0.5, 0.6) is 0 Å². The van der Waals surface area contributed by atoms with Crippen LogP contribution in [-0.4, -0.2) is 61.0 Å². The van der Waals surface area contributed by atoms with Crippen molar-refractivity contribution in [2.45, 2.75) is 45.6 Å². The largest absolute Gasteiger partial charge is 0.381 e. The number of carbonyl (C=O) groups excluding carboxylic acids is 2. The molecule has 1 aromatic carbocycles. The molecule has 1 aromatic rings. The van der Waals surface area contributed by atoms with Gasteiger partial charge in [-0.05, 0) is 49.4 Å². The summed E-state index contributed by atoms with van der Waals surface area (Å²) in [5.74, 6) is -0.0789. The lowest BCUT2D eigenvalue weighted by atomic mass is 10.0. The van der Waals surface area contributed by atoms with Crippen molar-refractivity contribution in [1.82, 2.24) is 9.80 Å². The van der Waals surface area contributed by atoms with Gasteiger partial charge in [0, 0.05) is 50.9 Å². The highest BCUT2D eigenvalue weighted by molar-refractivity contribution is 5.93. The van der Waals surface area contributed by atoms with Gasteiger partial charge in [-0.3, -0.25) is 14.5 Å². The third kappa shape index (κ3) is 4.83. The second kappa shape index (κ2) is 9.43. The summed E-state index contributed by atoms with van der Waals surface area (Å²) in [6, 6.07) is 2.95. The normalized spacial score (nSPS) is 23.1. The summed E-state index contributed by atoms with van der Waals surface area (Å²) in [4.78, 5) is 29.3. The number of anilines is 1. The van der Waals surface area contributed by atoms with Crippen molar-refractivity contribution < 1.29 is 18.7 Å². The Labute approximate surface area is 177 Å². The van der Waals surface area contributed by atoms with Crippen molar-refractivity contribution >= 4 is 17.5 Å². The molecule has 2 amide bonds. The predicted molar refractivity (Wildman–Crippen MR) is 113 cm³/mol. The zero-order valence-corrected chi connectivity index (χ0v) is 17.8. The Morgan fingerprint density at radius 2 is 1.83 bits per heavy atom. The average Bonchev–Trinajstić information content (AvgIpc) is 3.45. The Morgan fingerprint density at radius 3 is 2.50 bits per heavy atom. The molecule has 1 aliphatic carbocycles. The fourth-order valence-electron chi connectivity index (χ4n) is 4.80. The van der Waals surface area contributed by atoms with E-state index in [0.29, 0.717) is 37.8 Å². The first kappa shape index (κ1) is 21.2. The molecule has 3 aliphatic rings. The molecule has 2 aliphatic heterocycles. The number of benzene rings is 1. The lowest BCUT2D eigenvalue weighted by Gasteiger charge is -2.36. The van der Waals surface area contributed by atoms with E-state index in [2.05, 4.69) is 10.2 Å². The van der Waals surface area contributed by atoms with Crippen LogP contribution in [-0.2, 0) is 20.9 Å². The third-order valence-corrected chi connectivity index (χ3v) is 6.82. The van der Waals surface area contributed by atoms with Crippen LogP contribution in [0, 0.1) is 24.6 Å². The van der Waals surface area contributed by atoms with Crippen LogP contribution in [0.1, 0.15) is 43.2 Å². The lowest BCUT2D eigenvalue weighted by molar-refractivity contribution is -0.137. The van der Waals surface area contributed by atoms with Crippen molar-refractivity contribution in [2.24, 2.45) is 11.8 Å². The maximum atomic E-state index is 14.3. The number of amides is 2. The minimum atomic E-state index is -0.344. The molecule has 30 heavy (non-hydrogen) atoms. The molecular weight excluding hydrogens is 385 g/mol. The second-order valence-corrected chi connectivity index (χ2v) is 8.87. The molecule has 3 fully saturated rings. The molecule has 0 radical (unpaired) electrons. The maximum Gasteiger partial charge on any atom is 0.229 e. The average molecular weight is 418 g/mol. The molecule has 1 unspecified atom stereocenters. The Morgan fingerprint density at radius 1 is 1.10 bits per heavy atom. The van der Waals surface area contributed by atoms with E-state index in [0.717, 1.165) is 50.1 Å². The quantitative estimate of drug-likeness (QED) is 0.800. The highest BCUT2D eigenvalue weighted by Crippen LogP contribution is 2.28. The SMILES string of the molecule is Cc1c(CN2CCN(C(=O)C3CCCC3)CC2)cc(F)cc1NC(=O)C1CCOC1. The maximum absolute atomic E-state index is 14.3. The van der Waals surface area contributed by atoms with E-state index >= 15 is 0 Å². The summed E-state index contributed by atoms with van der Waals surface area (Å²) in [6.07, 6.45) is 5.10. The van der Waals surface area contributed by atoms with Gasteiger partial charge in [0.2, 0.25) is 11.8 Å². The van der Waals surface area contributed by atoms with Crippen molar-refractivity contribution in [3.63, 3.8) is 0 Å². The first-order valence-corrected chi connectivity index (χ1v) is 11.2. The van der Waals surface area contributed by atoms with Gasteiger partial charge in [0.05, 0.1) is 12.5 Å². The molecule has 164 valence electrons. The summed E-state index contributed by atoms with van der Waals surface area (Å²) in [7, 11) is 0. The van der Waals surface area contributed by atoms with Gasteiger partial charge in [0.15, 0.2) is 0 Å². The molecule has 6 nitrogen and oxygen atoms in total. The molecule has 2 saturated heterocycles. The standard InChI is InChI=1S/C23H32FN3O3/c1-16-19(12-20(24)13-21(16)25-22(28)18-6-11-30-15-18)14-26-7-9-27(10-8-26)23(29)17-4-2-3-5-17/h12-13,17-18H,2-11,14-15H2,1H3,(H,25,28). The zero-order chi connectivity index (χ0) is 21.1. The predicted octanol–water partition coefficient (Wildman–Crippen LogP) is 2.94. The van der Waals surface area contributed by atoms with Gasteiger partial charge < -0.3 is 15.0 Å². The van der Waals surface area contributed by atoms with Crippen LogP contribution < -0.4 is 5.32 Å². The highest BCUT2D eigenvalue weighted by Gasteiger charge is 2.30. The van der Waals surface area contributed by atoms with Crippen LogP contribution in [0.2, 0.25) is 0 Å². The van der Waals surface area contributed by atoms with E-state index in [1.165, 1.54) is 18.9 Å². The molecule has 1 N–H and O–H groups in total. The third-order valence-electron chi connectivity index (χ3n) is 6.82. The molecule has 1 saturated carbocycles. The number of nitrogens with zero attached hydrogens (tertiary/aromatic N) is 2. The van der Waals surface area contributed by atoms with Crippen molar-refractivity contribution in [2.75, 3.05) is 44.7 Å². The number of nitrogens with one attached hydrogen (secondary N) is 1. The van der Waals surface area contributed by atoms with Crippen LogP contribution in [0.25, 0.3) is 0 Å². The number of halogens is 1. The topological polar surface area (TPSA) is 61.9 Å². The van der Waals surface area contributed by atoms with Crippen molar-refractivity contribution in [1.29, 1.82) is 0 Å². The van der Waals surface area contributed by atoms with E-state index in [4.69, 9.17) is 4.74 Å². The smallest absolute Gasteiger partial charge is 0.229 e. The molecule has 0 aromatic heterocycles. The molecule has 0 bridgehead atoms. The molecule has 4 rings (SSSR count). The van der Waals surface area contributed by atoms with Crippen molar-refractivity contribution in [3.05, 3.63) is 29.1 Å². The molecule has 2 heterocycles. The number of piperazine rings is 1. The monoisotopic (exact) mass is 417 g/mol. The van der Waals surface area contributed by atoms with Gasteiger partial charge in [0.25, 0.3) is 0 Å². The molecule has 7 heteroatoms. The van der Waals surface area contributed by atoms with E-state index in [1.807, 2.05) is 11.8 Å². The van der Waals surface area contributed by atoms with Crippen LogP contribution in [0.4, 0.5) is 10.1 Å². The lowest BCUT2D eigenvalue weighted by Crippen LogP contribution is -2.49. The summed E-state index contributed by atoms with van der Waals surface area (Å²) < 4.78 is 19.6.